The molecule has 0 bridgehead atoms. The Morgan fingerprint density at radius 2 is 2.07 bits per heavy atom. The molecule has 15 heavy (non-hydrogen) atoms. The number of benzene rings is 1. The Morgan fingerprint density at radius 1 is 1.40 bits per heavy atom. The van der Waals surface area contributed by atoms with Crippen LogP contribution in [0.3, 0.4) is 0 Å². The van der Waals surface area contributed by atoms with Crippen LogP contribution in [0.25, 0.3) is 0 Å². The van der Waals surface area contributed by atoms with Crippen LogP contribution in [0, 0.1) is 10.7 Å². The third kappa shape index (κ3) is 4.15. The maximum Gasteiger partial charge on any atom is 0.133 e. The molecule has 0 N–H and O–H groups in total. The largest absolute Gasteiger partial charge is 0.185 e. The van der Waals surface area contributed by atoms with E-state index < -0.39 is 0 Å². The molecule has 0 amide bonds. The van der Waals surface area contributed by atoms with Crippen molar-refractivity contribution in [2.75, 3.05) is 5.75 Å². The summed E-state index contributed by atoms with van der Waals surface area (Å²) in [5.74, 6) is 1.44. The van der Waals surface area contributed by atoms with Gasteiger partial charge in [-0.3, -0.25) is 0 Å². The minimum absolute atomic E-state index is 0.545. The Labute approximate surface area is 100 Å². The lowest BCUT2D eigenvalue weighted by Gasteiger charge is -2.14. The molecule has 0 aliphatic heterocycles. The van der Waals surface area contributed by atoms with Crippen molar-refractivity contribution in [3.8, 4) is 5.40 Å². The molecule has 0 spiro atoms. The molecule has 0 aliphatic carbocycles. The molecule has 0 saturated heterocycles. The molecule has 0 heterocycles. The van der Waals surface area contributed by atoms with Gasteiger partial charge >= 0.3 is 0 Å². The van der Waals surface area contributed by atoms with Gasteiger partial charge in [0.2, 0.25) is 0 Å². The molecule has 0 aromatic heterocycles. The SMILES string of the molecule is CCC(CCSC#N)c1ccc(Cl)cc1. The third-order valence-corrected chi connectivity index (χ3v) is 3.29. The van der Waals surface area contributed by atoms with Crippen molar-refractivity contribution in [3.63, 3.8) is 0 Å². The van der Waals surface area contributed by atoms with Gasteiger partial charge in [-0.2, -0.15) is 5.26 Å². The number of thioether (sulfide) groups is 1. The molecule has 1 aromatic carbocycles. The van der Waals surface area contributed by atoms with E-state index in [1.165, 1.54) is 17.3 Å². The average Bonchev–Trinajstić information content (AvgIpc) is 2.26. The molecule has 0 fully saturated rings. The van der Waals surface area contributed by atoms with Gasteiger partial charge in [-0.05, 0) is 48.2 Å². The summed E-state index contributed by atoms with van der Waals surface area (Å²) in [6.45, 7) is 2.18. The van der Waals surface area contributed by atoms with Crippen molar-refractivity contribution >= 4 is 23.4 Å². The first-order valence-electron chi connectivity index (χ1n) is 5.04. The van der Waals surface area contributed by atoms with Crippen LogP contribution in [0.5, 0.6) is 0 Å². The highest BCUT2D eigenvalue weighted by atomic mass is 35.5. The topological polar surface area (TPSA) is 23.8 Å². The van der Waals surface area contributed by atoms with E-state index >= 15 is 0 Å². The van der Waals surface area contributed by atoms with Crippen molar-refractivity contribution in [2.45, 2.75) is 25.7 Å². The van der Waals surface area contributed by atoms with Crippen LogP contribution < -0.4 is 0 Å². The van der Waals surface area contributed by atoms with Gasteiger partial charge in [0.25, 0.3) is 0 Å². The molecule has 1 aromatic rings. The molecule has 0 radical (unpaired) electrons. The summed E-state index contributed by atoms with van der Waals surface area (Å²) >= 11 is 7.17. The summed E-state index contributed by atoms with van der Waals surface area (Å²) in [7, 11) is 0. The van der Waals surface area contributed by atoms with Gasteiger partial charge in [-0.1, -0.05) is 30.7 Å². The summed E-state index contributed by atoms with van der Waals surface area (Å²) in [6, 6.07) is 8.01. The highest BCUT2D eigenvalue weighted by Gasteiger charge is 2.08. The number of halogens is 1. The van der Waals surface area contributed by atoms with E-state index in [4.69, 9.17) is 16.9 Å². The van der Waals surface area contributed by atoms with Crippen molar-refractivity contribution < 1.29 is 0 Å². The zero-order valence-electron chi connectivity index (χ0n) is 8.74. The van der Waals surface area contributed by atoms with Crippen LogP contribution >= 0.6 is 23.4 Å². The summed E-state index contributed by atoms with van der Waals surface area (Å²) < 4.78 is 0. The predicted molar refractivity (Wildman–Crippen MR) is 67.2 cm³/mol. The molecule has 1 atom stereocenters. The van der Waals surface area contributed by atoms with E-state index in [-0.39, 0.29) is 0 Å². The van der Waals surface area contributed by atoms with Crippen molar-refractivity contribution in [1.82, 2.24) is 0 Å². The number of thiocyanates is 1. The van der Waals surface area contributed by atoms with E-state index in [0.717, 1.165) is 23.6 Å². The Bertz CT molecular complexity index is 328. The van der Waals surface area contributed by atoms with Crippen molar-refractivity contribution in [3.05, 3.63) is 34.9 Å². The van der Waals surface area contributed by atoms with E-state index in [9.17, 15) is 0 Å². The van der Waals surface area contributed by atoms with Gasteiger partial charge in [0.1, 0.15) is 5.40 Å². The second kappa shape index (κ2) is 6.76. The normalized spacial score (nSPS) is 12.1. The molecule has 80 valence electrons. The Hall–Kier alpha value is -0.650. The lowest BCUT2D eigenvalue weighted by molar-refractivity contribution is 0.647. The van der Waals surface area contributed by atoms with E-state index in [1.54, 1.807) is 0 Å². The van der Waals surface area contributed by atoms with Gasteiger partial charge < -0.3 is 0 Å². The molecule has 3 heteroatoms. The van der Waals surface area contributed by atoms with Crippen molar-refractivity contribution in [2.24, 2.45) is 0 Å². The van der Waals surface area contributed by atoms with Gasteiger partial charge in [0.05, 0.1) is 0 Å². The minimum atomic E-state index is 0.545. The summed E-state index contributed by atoms with van der Waals surface area (Å²) in [4.78, 5) is 0. The van der Waals surface area contributed by atoms with Gasteiger partial charge in [-0.25, -0.2) is 0 Å². The Kier molecular flexibility index (Phi) is 5.60. The number of hydrogen-bond acceptors (Lipinski definition) is 2. The van der Waals surface area contributed by atoms with Crippen LogP contribution in [0.4, 0.5) is 0 Å². The molecule has 1 rings (SSSR count). The second-order valence-corrected chi connectivity index (χ2v) is 4.70. The molecule has 0 saturated carbocycles. The molecule has 0 aliphatic rings. The van der Waals surface area contributed by atoms with Crippen LogP contribution in [0.15, 0.2) is 24.3 Å². The van der Waals surface area contributed by atoms with Crippen LogP contribution in [0.1, 0.15) is 31.2 Å². The molecular formula is C12H14ClNS. The third-order valence-electron chi connectivity index (χ3n) is 2.47. The number of rotatable bonds is 5. The first-order chi connectivity index (χ1) is 7.27. The van der Waals surface area contributed by atoms with Gasteiger partial charge in [0.15, 0.2) is 0 Å². The first kappa shape index (κ1) is 12.4. The fraction of sp³-hybridized carbons (Fsp3) is 0.417. The van der Waals surface area contributed by atoms with E-state index in [2.05, 4.69) is 24.5 Å². The Morgan fingerprint density at radius 3 is 2.60 bits per heavy atom. The van der Waals surface area contributed by atoms with Crippen LogP contribution in [-0.2, 0) is 0 Å². The monoisotopic (exact) mass is 239 g/mol. The maximum absolute atomic E-state index is 8.45. The molecule has 1 unspecified atom stereocenters. The van der Waals surface area contributed by atoms with Crippen molar-refractivity contribution in [1.29, 1.82) is 5.26 Å². The maximum atomic E-state index is 8.45. The Balaban J connectivity index is 2.58. The standard InChI is InChI=1S/C12H14ClNS/c1-2-10(7-8-15-9-14)11-3-5-12(13)6-4-11/h3-6,10H,2,7-8H2,1H3. The fourth-order valence-electron chi connectivity index (χ4n) is 1.59. The zero-order valence-corrected chi connectivity index (χ0v) is 10.3. The van der Waals surface area contributed by atoms with Crippen LogP contribution in [0.2, 0.25) is 5.02 Å². The highest BCUT2D eigenvalue weighted by molar-refractivity contribution is 8.03. The predicted octanol–water partition coefficient (Wildman–Crippen LogP) is 4.44. The lowest BCUT2D eigenvalue weighted by atomic mass is 9.94. The molecular weight excluding hydrogens is 226 g/mol. The minimum Gasteiger partial charge on any atom is -0.185 e. The van der Waals surface area contributed by atoms with E-state index in [0.29, 0.717) is 5.92 Å². The van der Waals surface area contributed by atoms with Gasteiger partial charge in [0, 0.05) is 10.8 Å². The number of nitriles is 1. The lowest BCUT2D eigenvalue weighted by Crippen LogP contribution is -1.98. The molecule has 1 nitrogen and oxygen atoms in total. The second-order valence-electron chi connectivity index (χ2n) is 3.39. The highest BCUT2D eigenvalue weighted by Crippen LogP contribution is 2.25. The van der Waals surface area contributed by atoms with Gasteiger partial charge in [-0.15, -0.1) is 0 Å². The number of hydrogen-bond donors (Lipinski definition) is 0. The smallest absolute Gasteiger partial charge is 0.133 e. The van der Waals surface area contributed by atoms with Crippen LogP contribution in [-0.4, -0.2) is 5.75 Å². The summed E-state index contributed by atoms with van der Waals surface area (Å²) in [6.07, 6.45) is 2.16. The summed E-state index contributed by atoms with van der Waals surface area (Å²) in [5.41, 5.74) is 1.32. The summed E-state index contributed by atoms with van der Waals surface area (Å²) in [5, 5.41) is 11.3. The fourth-order valence-corrected chi connectivity index (χ4v) is 2.21. The first-order valence-corrected chi connectivity index (χ1v) is 6.40. The number of nitrogens with zero attached hydrogens (tertiary/aromatic N) is 1. The van der Waals surface area contributed by atoms with E-state index in [1.807, 2.05) is 12.1 Å². The quantitative estimate of drug-likeness (QED) is 0.560. The average molecular weight is 240 g/mol. The zero-order chi connectivity index (χ0) is 11.1.